The van der Waals surface area contributed by atoms with E-state index in [4.69, 9.17) is 14.6 Å². The van der Waals surface area contributed by atoms with Crippen molar-refractivity contribution in [2.45, 2.75) is 30.7 Å². The van der Waals surface area contributed by atoms with Crippen LogP contribution in [0.4, 0.5) is 0 Å². The van der Waals surface area contributed by atoms with Crippen LogP contribution in [0, 0.1) is 0 Å². The fourth-order valence-corrected chi connectivity index (χ4v) is 1.26. The van der Waals surface area contributed by atoms with Gasteiger partial charge < -0.3 is 35.4 Å². The molecule has 0 saturated carbocycles. The van der Waals surface area contributed by atoms with Crippen LogP contribution in [-0.4, -0.2) is 70.3 Å². The standard InChI is InChI=1S/C7H14O6.H2O/c1-12-7-6(11)5(10)4(9)3(2-8)13-7;/h3-11H,2H2,1H3;1H2/t3?,4-,5+,6-,7-;/m0./s1. The second kappa shape index (κ2) is 5.56. The molecule has 1 fully saturated rings. The second-order valence-corrected chi connectivity index (χ2v) is 2.93. The first-order valence-electron chi connectivity index (χ1n) is 3.95. The lowest BCUT2D eigenvalue weighted by Gasteiger charge is -2.38. The highest BCUT2D eigenvalue weighted by molar-refractivity contribution is 4.88. The molecule has 0 spiro atoms. The SMILES string of the molecule is CO[C@H]1OC(CO)[C@H](O)[C@@H](O)[C@@H]1O.O. The summed E-state index contributed by atoms with van der Waals surface area (Å²) in [7, 11) is 1.30. The smallest absolute Gasteiger partial charge is 0.186 e. The molecule has 0 aromatic rings. The van der Waals surface area contributed by atoms with Crippen LogP contribution in [0.1, 0.15) is 0 Å². The molecule has 14 heavy (non-hydrogen) atoms. The van der Waals surface area contributed by atoms with Crippen LogP contribution in [-0.2, 0) is 9.47 Å². The summed E-state index contributed by atoms with van der Waals surface area (Å²) >= 11 is 0. The van der Waals surface area contributed by atoms with Gasteiger partial charge in [-0.2, -0.15) is 0 Å². The molecule has 1 rings (SSSR count). The molecule has 0 radical (unpaired) electrons. The molecule has 5 atom stereocenters. The summed E-state index contributed by atoms with van der Waals surface area (Å²) in [5.74, 6) is 0. The number of aliphatic hydroxyl groups excluding tert-OH is 4. The first-order valence-corrected chi connectivity index (χ1v) is 3.95. The van der Waals surface area contributed by atoms with Gasteiger partial charge in [0.15, 0.2) is 6.29 Å². The van der Waals surface area contributed by atoms with Crippen molar-refractivity contribution in [2.75, 3.05) is 13.7 Å². The molecule has 0 aromatic heterocycles. The second-order valence-electron chi connectivity index (χ2n) is 2.93. The van der Waals surface area contributed by atoms with Crippen LogP contribution < -0.4 is 0 Å². The Morgan fingerprint density at radius 1 is 1.14 bits per heavy atom. The Morgan fingerprint density at radius 2 is 1.71 bits per heavy atom. The average molecular weight is 212 g/mol. The summed E-state index contributed by atoms with van der Waals surface area (Å²) in [6.07, 6.45) is -5.91. The Bertz CT molecular complexity index is 144. The summed E-state index contributed by atoms with van der Waals surface area (Å²) in [6.45, 7) is -0.440. The maximum atomic E-state index is 9.28. The topological polar surface area (TPSA) is 131 Å². The zero-order chi connectivity index (χ0) is 10.0. The van der Waals surface area contributed by atoms with E-state index < -0.39 is 37.3 Å². The van der Waals surface area contributed by atoms with E-state index in [-0.39, 0.29) is 5.48 Å². The molecule has 6 N–H and O–H groups in total. The molecule has 1 saturated heterocycles. The molecule has 1 heterocycles. The van der Waals surface area contributed by atoms with E-state index in [1.165, 1.54) is 7.11 Å². The van der Waals surface area contributed by atoms with E-state index in [2.05, 4.69) is 0 Å². The maximum Gasteiger partial charge on any atom is 0.186 e. The van der Waals surface area contributed by atoms with Gasteiger partial charge in [0.1, 0.15) is 24.4 Å². The summed E-state index contributed by atoms with van der Waals surface area (Å²) in [5, 5.41) is 36.6. The predicted octanol–water partition coefficient (Wildman–Crippen LogP) is -3.39. The molecule has 0 aromatic carbocycles. The monoisotopic (exact) mass is 212 g/mol. The van der Waals surface area contributed by atoms with E-state index in [0.717, 1.165) is 0 Å². The zero-order valence-corrected chi connectivity index (χ0v) is 7.70. The Morgan fingerprint density at radius 3 is 2.14 bits per heavy atom. The van der Waals surface area contributed by atoms with Gasteiger partial charge in [-0.3, -0.25) is 0 Å². The van der Waals surface area contributed by atoms with E-state index in [9.17, 15) is 15.3 Å². The highest BCUT2D eigenvalue weighted by atomic mass is 16.7. The third-order valence-corrected chi connectivity index (χ3v) is 2.08. The van der Waals surface area contributed by atoms with Crippen molar-refractivity contribution < 1.29 is 35.4 Å². The number of rotatable bonds is 2. The Hall–Kier alpha value is -0.280. The van der Waals surface area contributed by atoms with Gasteiger partial charge in [0.25, 0.3) is 0 Å². The summed E-state index contributed by atoms with van der Waals surface area (Å²) in [4.78, 5) is 0. The molecule has 1 unspecified atom stereocenters. The van der Waals surface area contributed by atoms with E-state index in [1.807, 2.05) is 0 Å². The molecular formula is C7H16O7. The fourth-order valence-electron chi connectivity index (χ4n) is 1.26. The molecule has 86 valence electrons. The molecule has 0 aliphatic carbocycles. The lowest BCUT2D eigenvalue weighted by Crippen LogP contribution is -2.58. The van der Waals surface area contributed by atoms with Gasteiger partial charge in [0.2, 0.25) is 0 Å². The van der Waals surface area contributed by atoms with Gasteiger partial charge in [-0.15, -0.1) is 0 Å². The van der Waals surface area contributed by atoms with Crippen molar-refractivity contribution in [3.05, 3.63) is 0 Å². The number of methoxy groups -OCH3 is 1. The minimum absolute atomic E-state index is 0. The first kappa shape index (κ1) is 13.7. The summed E-state index contributed by atoms with van der Waals surface area (Å²) < 4.78 is 9.65. The minimum Gasteiger partial charge on any atom is -0.412 e. The third-order valence-electron chi connectivity index (χ3n) is 2.08. The van der Waals surface area contributed by atoms with Crippen molar-refractivity contribution in [1.29, 1.82) is 0 Å². The highest BCUT2D eigenvalue weighted by Gasteiger charge is 2.43. The van der Waals surface area contributed by atoms with Gasteiger partial charge in [-0.05, 0) is 0 Å². The van der Waals surface area contributed by atoms with Crippen LogP contribution in [0.25, 0.3) is 0 Å². The van der Waals surface area contributed by atoms with Crippen molar-refractivity contribution >= 4 is 0 Å². The van der Waals surface area contributed by atoms with Crippen LogP contribution in [0.2, 0.25) is 0 Å². The van der Waals surface area contributed by atoms with Gasteiger partial charge in [-0.1, -0.05) is 0 Å². The lowest BCUT2D eigenvalue weighted by molar-refractivity contribution is -0.294. The molecule has 7 heteroatoms. The number of ether oxygens (including phenoxy) is 2. The van der Waals surface area contributed by atoms with Crippen LogP contribution >= 0.6 is 0 Å². The predicted molar refractivity (Wildman–Crippen MR) is 44.4 cm³/mol. The van der Waals surface area contributed by atoms with Crippen molar-refractivity contribution in [3.63, 3.8) is 0 Å². The largest absolute Gasteiger partial charge is 0.412 e. The maximum absolute atomic E-state index is 9.28. The zero-order valence-electron chi connectivity index (χ0n) is 7.70. The lowest BCUT2D eigenvalue weighted by atomic mass is 9.99. The normalized spacial score (nSPS) is 43.1. The Labute approximate surface area is 80.8 Å². The van der Waals surface area contributed by atoms with Crippen molar-refractivity contribution in [3.8, 4) is 0 Å². The molecular weight excluding hydrogens is 196 g/mol. The van der Waals surface area contributed by atoms with E-state index in [0.29, 0.717) is 0 Å². The molecule has 0 bridgehead atoms. The van der Waals surface area contributed by atoms with E-state index >= 15 is 0 Å². The van der Waals surface area contributed by atoms with Gasteiger partial charge >= 0.3 is 0 Å². The third kappa shape index (κ3) is 2.39. The number of aliphatic hydroxyl groups is 4. The first-order chi connectivity index (χ1) is 6.11. The van der Waals surface area contributed by atoms with Crippen LogP contribution in [0.5, 0.6) is 0 Å². The van der Waals surface area contributed by atoms with Gasteiger partial charge in [0.05, 0.1) is 6.61 Å². The summed E-state index contributed by atoms with van der Waals surface area (Å²) in [5.41, 5.74) is 0. The number of hydrogen-bond acceptors (Lipinski definition) is 6. The number of hydrogen-bond donors (Lipinski definition) is 4. The Balaban J connectivity index is 0.00000169. The summed E-state index contributed by atoms with van der Waals surface area (Å²) in [6, 6.07) is 0. The molecule has 7 nitrogen and oxygen atoms in total. The highest BCUT2D eigenvalue weighted by Crippen LogP contribution is 2.20. The van der Waals surface area contributed by atoms with Crippen LogP contribution in [0.3, 0.4) is 0 Å². The molecule has 1 aliphatic rings. The minimum atomic E-state index is -1.36. The molecule has 1 aliphatic heterocycles. The van der Waals surface area contributed by atoms with Gasteiger partial charge in [0, 0.05) is 7.11 Å². The molecule has 0 amide bonds. The van der Waals surface area contributed by atoms with Crippen molar-refractivity contribution in [2.24, 2.45) is 0 Å². The van der Waals surface area contributed by atoms with Gasteiger partial charge in [-0.25, -0.2) is 0 Å². The quantitative estimate of drug-likeness (QED) is 0.377. The fraction of sp³-hybridized carbons (Fsp3) is 1.00. The van der Waals surface area contributed by atoms with E-state index in [1.54, 1.807) is 0 Å². The van der Waals surface area contributed by atoms with Crippen molar-refractivity contribution in [1.82, 2.24) is 0 Å². The Kier molecular flexibility index (Phi) is 5.45. The van der Waals surface area contributed by atoms with Crippen LogP contribution in [0.15, 0.2) is 0 Å². The average Bonchev–Trinajstić information content (AvgIpc) is 2.15.